The number of pyridine rings is 1. The number of ether oxygens (including phenoxy) is 1. The number of rotatable bonds is 8. The highest BCUT2D eigenvalue weighted by molar-refractivity contribution is 7.89. The Balaban J connectivity index is 2.03. The molecule has 1 N–H and O–H groups in total. The van der Waals surface area contributed by atoms with Crippen LogP contribution < -0.4 is 10.1 Å². The monoisotopic (exact) mass is 389 g/mol. The molecule has 0 fully saturated rings. The number of carbonyl (C=O) groups is 1. The van der Waals surface area contributed by atoms with Gasteiger partial charge < -0.3 is 10.1 Å². The van der Waals surface area contributed by atoms with Crippen molar-refractivity contribution < 1.29 is 17.9 Å². The molecule has 0 aliphatic carbocycles. The number of sulfonamides is 1. The van der Waals surface area contributed by atoms with E-state index in [0.29, 0.717) is 24.7 Å². The lowest BCUT2D eigenvalue weighted by Crippen LogP contribution is -2.30. The Morgan fingerprint density at radius 1 is 1.15 bits per heavy atom. The maximum atomic E-state index is 12.4. The van der Waals surface area contributed by atoms with Crippen molar-refractivity contribution in [3.63, 3.8) is 0 Å². The summed E-state index contributed by atoms with van der Waals surface area (Å²) in [5, 5.41) is 2.68. The lowest BCUT2D eigenvalue weighted by atomic mass is 10.2. The van der Waals surface area contributed by atoms with Crippen LogP contribution >= 0.6 is 0 Å². The number of carbonyl (C=O) groups excluding carboxylic acids is 1. The molecule has 2 aromatic rings. The number of nitrogens with one attached hydrogen (secondary N) is 1. The van der Waals surface area contributed by atoms with Gasteiger partial charge in [0, 0.05) is 25.2 Å². The van der Waals surface area contributed by atoms with E-state index in [4.69, 9.17) is 4.74 Å². The molecule has 1 heterocycles. The summed E-state index contributed by atoms with van der Waals surface area (Å²) in [6.45, 7) is 4.44. The minimum absolute atomic E-state index is 0.233. The predicted molar refractivity (Wildman–Crippen MR) is 105 cm³/mol. The number of benzene rings is 1. The van der Waals surface area contributed by atoms with Crippen molar-refractivity contribution in [3.05, 3.63) is 54.2 Å². The smallest absolute Gasteiger partial charge is 0.248 e. The summed E-state index contributed by atoms with van der Waals surface area (Å²) in [5.41, 5.74) is 1.27. The van der Waals surface area contributed by atoms with Crippen LogP contribution in [0.15, 0.2) is 53.6 Å². The molecule has 0 atom stereocenters. The van der Waals surface area contributed by atoms with E-state index in [1.165, 1.54) is 23.7 Å². The maximum absolute atomic E-state index is 12.4. The van der Waals surface area contributed by atoms with E-state index in [1.54, 1.807) is 56.3 Å². The molecule has 0 unspecified atom stereocenters. The minimum Gasteiger partial charge on any atom is -0.481 e. The van der Waals surface area contributed by atoms with Gasteiger partial charge in [0.2, 0.25) is 21.8 Å². The molecule has 27 heavy (non-hydrogen) atoms. The van der Waals surface area contributed by atoms with Crippen LogP contribution in [0.2, 0.25) is 0 Å². The van der Waals surface area contributed by atoms with Crippen LogP contribution in [0.4, 0.5) is 5.69 Å². The Morgan fingerprint density at radius 3 is 2.33 bits per heavy atom. The Bertz CT molecular complexity index is 888. The van der Waals surface area contributed by atoms with E-state index >= 15 is 0 Å². The summed E-state index contributed by atoms with van der Waals surface area (Å²) in [5.74, 6) is 0.144. The summed E-state index contributed by atoms with van der Waals surface area (Å²) >= 11 is 0. The van der Waals surface area contributed by atoms with Gasteiger partial charge in [0.15, 0.2) is 0 Å². The molecule has 1 amide bonds. The first-order chi connectivity index (χ1) is 12.9. The van der Waals surface area contributed by atoms with Gasteiger partial charge >= 0.3 is 0 Å². The summed E-state index contributed by atoms with van der Waals surface area (Å²) in [6, 6.07) is 9.74. The third kappa shape index (κ3) is 5.38. The van der Waals surface area contributed by atoms with E-state index in [2.05, 4.69) is 10.3 Å². The number of anilines is 1. The second-order valence-corrected chi connectivity index (χ2v) is 7.51. The molecule has 0 bridgehead atoms. The molecular weight excluding hydrogens is 366 g/mol. The van der Waals surface area contributed by atoms with Gasteiger partial charge in [-0.05, 0) is 29.8 Å². The number of aromatic nitrogens is 1. The normalized spacial score (nSPS) is 11.7. The summed E-state index contributed by atoms with van der Waals surface area (Å²) < 4.78 is 31.3. The van der Waals surface area contributed by atoms with Gasteiger partial charge in [-0.15, -0.1) is 0 Å². The van der Waals surface area contributed by atoms with Gasteiger partial charge in [-0.2, -0.15) is 4.31 Å². The first-order valence-corrected chi connectivity index (χ1v) is 9.94. The van der Waals surface area contributed by atoms with Crippen molar-refractivity contribution in [2.75, 3.05) is 25.5 Å². The van der Waals surface area contributed by atoms with E-state index in [0.717, 1.165) is 5.56 Å². The van der Waals surface area contributed by atoms with Crippen LogP contribution in [-0.2, 0) is 14.8 Å². The largest absolute Gasteiger partial charge is 0.481 e. The highest BCUT2D eigenvalue weighted by Crippen LogP contribution is 2.17. The topological polar surface area (TPSA) is 88.6 Å². The van der Waals surface area contributed by atoms with Crippen molar-refractivity contribution in [2.45, 2.75) is 18.7 Å². The molecule has 0 saturated carbocycles. The zero-order chi connectivity index (χ0) is 19.9. The number of methoxy groups -OCH3 is 1. The van der Waals surface area contributed by atoms with Crippen LogP contribution in [0, 0.1) is 0 Å². The van der Waals surface area contributed by atoms with E-state index in [9.17, 15) is 13.2 Å². The minimum atomic E-state index is -3.48. The Labute approximate surface area is 159 Å². The fourth-order valence-electron chi connectivity index (χ4n) is 2.39. The molecule has 1 aromatic carbocycles. The molecule has 144 valence electrons. The predicted octanol–water partition coefficient (Wildman–Crippen LogP) is 2.77. The third-order valence-corrected chi connectivity index (χ3v) is 5.93. The summed E-state index contributed by atoms with van der Waals surface area (Å²) in [7, 11) is -1.97. The molecule has 0 aliphatic rings. The molecule has 0 saturated heterocycles. The fraction of sp³-hybridized carbons (Fsp3) is 0.263. The quantitative estimate of drug-likeness (QED) is 0.702. The number of amides is 1. The highest BCUT2D eigenvalue weighted by atomic mass is 32.2. The molecule has 8 heteroatoms. The average Bonchev–Trinajstić information content (AvgIpc) is 2.68. The summed E-state index contributed by atoms with van der Waals surface area (Å²) in [6.07, 6.45) is 4.48. The van der Waals surface area contributed by atoms with E-state index in [1.807, 2.05) is 0 Å². The van der Waals surface area contributed by atoms with Gasteiger partial charge in [0.05, 0.1) is 23.9 Å². The van der Waals surface area contributed by atoms with Gasteiger partial charge in [-0.25, -0.2) is 13.4 Å². The third-order valence-electron chi connectivity index (χ3n) is 3.86. The zero-order valence-electron chi connectivity index (χ0n) is 15.5. The van der Waals surface area contributed by atoms with E-state index in [-0.39, 0.29) is 10.8 Å². The fourth-order valence-corrected chi connectivity index (χ4v) is 3.85. The van der Waals surface area contributed by atoms with Crippen LogP contribution in [0.5, 0.6) is 5.88 Å². The molecule has 7 nitrogen and oxygen atoms in total. The number of hydrogen-bond acceptors (Lipinski definition) is 5. The highest BCUT2D eigenvalue weighted by Gasteiger charge is 2.20. The maximum Gasteiger partial charge on any atom is 0.248 e. The summed E-state index contributed by atoms with van der Waals surface area (Å²) in [4.78, 5) is 16.2. The van der Waals surface area contributed by atoms with Crippen LogP contribution in [0.1, 0.15) is 19.4 Å². The lowest BCUT2D eigenvalue weighted by Gasteiger charge is -2.18. The van der Waals surface area contributed by atoms with Gasteiger partial charge in [-0.3, -0.25) is 4.79 Å². The molecule has 0 spiro atoms. The number of hydrogen-bond donors (Lipinski definition) is 1. The second kappa shape index (κ2) is 9.29. The zero-order valence-corrected chi connectivity index (χ0v) is 16.4. The van der Waals surface area contributed by atoms with Crippen molar-refractivity contribution in [1.82, 2.24) is 9.29 Å². The Hall–Kier alpha value is -2.71. The van der Waals surface area contributed by atoms with Crippen LogP contribution in [0.25, 0.3) is 6.08 Å². The molecule has 1 aromatic heterocycles. The molecule has 2 rings (SSSR count). The Morgan fingerprint density at radius 2 is 1.81 bits per heavy atom. The lowest BCUT2D eigenvalue weighted by molar-refractivity contribution is -0.111. The first kappa shape index (κ1) is 20.6. The standard InChI is InChI=1S/C19H23N3O4S/c1-4-22(5-2)27(24,25)17-10-6-15(7-11-17)8-12-18(23)21-16-9-13-19(26-3)20-14-16/h6-14H,4-5H2,1-3H3,(H,21,23). The van der Waals surface area contributed by atoms with E-state index < -0.39 is 10.0 Å². The van der Waals surface area contributed by atoms with Gasteiger partial charge in [-0.1, -0.05) is 26.0 Å². The average molecular weight is 389 g/mol. The van der Waals surface area contributed by atoms with Crippen LogP contribution in [-0.4, -0.2) is 43.8 Å². The van der Waals surface area contributed by atoms with Crippen molar-refractivity contribution >= 4 is 27.7 Å². The van der Waals surface area contributed by atoms with Crippen molar-refractivity contribution in [3.8, 4) is 5.88 Å². The van der Waals surface area contributed by atoms with Crippen molar-refractivity contribution in [2.24, 2.45) is 0 Å². The Kier molecular flexibility index (Phi) is 7.09. The molecular formula is C19H23N3O4S. The van der Waals surface area contributed by atoms with Crippen molar-refractivity contribution in [1.29, 1.82) is 0 Å². The molecule has 0 radical (unpaired) electrons. The molecule has 0 aliphatic heterocycles. The second-order valence-electron chi connectivity index (χ2n) is 5.57. The van der Waals surface area contributed by atoms with Gasteiger partial charge in [0.1, 0.15) is 0 Å². The first-order valence-electron chi connectivity index (χ1n) is 8.50. The van der Waals surface area contributed by atoms with Gasteiger partial charge in [0.25, 0.3) is 0 Å². The number of nitrogens with zero attached hydrogens (tertiary/aromatic N) is 2. The SMILES string of the molecule is CCN(CC)S(=O)(=O)c1ccc(C=CC(=O)Nc2ccc(OC)nc2)cc1. The van der Waals surface area contributed by atoms with Crippen LogP contribution in [0.3, 0.4) is 0 Å².